The lowest BCUT2D eigenvalue weighted by molar-refractivity contribution is -0.155. The number of nitrogens with one attached hydrogen (secondary N) is 4. The Morgan fingerprint density at radius 1 is 1.11 bits per heavy atom. The van der Waals surface area contributed by atoms with Gasteiger partial charge in [-0.3, -0.25) is 14.4 Å². The molecule has 1 fully saturated rings. The van der Waals surface area contributed by atoms with E-state index in [4.69, 9.17) is 4.74 Å². The summed E-state index contributed by atoms with van der Waals surface area (Å²) in [5.74, 6) is -0.827. The molecule has 234 valence electrons. The molecule has 44 heavy (non-hydrogen) atoms. The number of hydrogen-bond donors (Lipinski definition) is 4. The van der Waals surface area contributed by atoms with E-state index >= 15 is 0 Å². The highest BCUT2D eigenvalue weighted by Crippen LogP contribution is 2.22. The number of benzene rings is 2. The van der Waals surface area contributed by atoms with Gasteiger partial charge in [-0.15, -0.1) is 11.7 Å². The zero-order chi connectivity index (χ0) is 31.5. The van der Waals surface area contributed by atoms with Crippen LogP contribution in [0.15, 0.2) is 61.2 Å². The highest BCUT2D eigenvalue weighted by atomic mass is 16.5. The molecule has 1 saturated heterocycles. The summed E-state index contributed by atoms with van der Waals surface area (Å²) in [4.78, 5) is 55.1. The van der Waals surface area contributed by atoms with E-state index in [-0.39, 0.29) is 43.9 Å². The molecule has 0 unspecified atom stereocenters. The second kappa shape index (κ2) is 15.6. The van der Waals surface area contributed by atoms with Gasteiger partial charge in [0.1, 0.15) is 24.3 Å². The Morgan fingerprint density at radius 3 is 2.66 bits per heavy atom. The van der Waals surface area contributed by atoms with Gasteiger partial charge < -0.3 is 35.8 Å². The summed E-state index contributed by atoms with van der Waals surface area (Å²) in [7, 11) is 1.56. The number of hydrogen-bond acceptors (Lipinski definition) is 8. The Balaban J connectivity index is 1.51. The maximum Gasteiger partial charge on any atom is 0.316 e. The van der Waals surface area contributed by atoms with Crippen molar-refractivity contribution in [2.24, 2.45) is 0 Å². The first-order valence-corrected chi connectivity index (χ1v) is 14.4. The second-order valence-corrected chi connectivity index (χ2v) is 10.3. The molecule has 0 saturated carbocycles. The summed E-state index contributed by atoms with van der Waals surface area (Å²) in [6, 6.07) is 13.6. The Hall–Kier alpha value is -4.82. The SMILES string of the molecule is C=CCNCC(=O)N1[C@@H](NC(=O)NCc2ccccc2)CN(Cc2cccc3c2nnn3CC(=O)NCCOC)C(=O)[C@@H]1C. The van der Waals surface area contributed by atoms with Crippen LogP contribution in [-0.4, -0.2) is 101 Å². The lowest BCUT2D eigenvalue weighted by atomic mass is 10.1. The van der Waals surface area contributed by atoms with Gasteiger partial charge in [-0.1, -0.05) is 53.8 Å². The number of fused-ring (bicyclic) bond motifs is 1. The van der Waals surface area contributed by atoms with Gasteiger partial charge in [0.15, 0.2) is 0 Å². The average molecular weight is 606 g/mol. The standard InChI is InChI=1S/C30H39N9O5/c1-4-13-31-17-27(41)39-21(2)29(42)37(19-25(39)34-30(43)33-16-22-9-6-5-7-10-22)18-23-11-8-12-24-28(23)35-36-38(24)20-26(40)32-14-15-44-3/h4-12,21,25,31H,1,13-20H2,2-3H3,(H,32,40)(H2,33,34,43)/t21-,25+/m0/s1. The number of ether oxygens (including phenoxy) is 1. The number of piperazine rings is 1. The number of urea groups is 1. The van der Waals surface area contributed by atoms with Crippen molar-refractivity contribution in [3.63, 3.8) is 0 Å². The summed E-state index contributed by atoms with van der Waals surface area (Å²) in [6.45, 7) is 6.98. The molecule has 5 amide bonds. The van der Waals surface area contributed by atoms with E-state index in [0.717, 1.165) is 5.56 Å². The maximum atomic E-state index is 13.6. The highest BCUT2D eigenvalue weighted by Gasteiger charge is 2.41. The first-order valence-electron chi connectivity index (χ1n) is 14.4. The molecule has 4 N–H and O–H groups in total. The normalized spacial score (nSPS) is 16.5. The van der Waals surface area contributed by atoms with E-state index in [0.29, 0.717) is 42.8 Å². The van der Waals surface area contributed by atoms with Crippen LogP contribution >= 0.6 is 0 Å². The van der Waals surface area contributed by atoms with E-state index in [2.05, 4.69) is 38.2 Å². The Morgan fingerprint density at radius 2 is 1.91 bits per heavy atom. The third-order valence-corrected chi connectivity index (χ3v) is 7.17. The fourth-order valence-electron chi connectivity index (χ4n) is 5.02. The molecule has 4 rings (SSSR count). The van der Waals surface area contributed by atoms with Crippen LogP contribution in [-0.2, 0) is 38.8 Å². The van der Waals surface area contributed by atoms with Gasteiger partial charge in [0.25, 0.3) is 0 Å². The summed E-state index contributed by atoms with van der Waals surface area (Å²) < 4.78 is 6.47. The van der Waals surface area contributed by atoms with Gasteiger partial charge in [-0.2, -0.15) is 0 Å². The van der Waals surface area contributed by atoms with Crippen molar-refractivity contribution in [2.45, 2.75) is 38.8 Å². The van der Waals surface area contributed by atoms with Crippen LogP contribution in [0.2, 0.25) is 0 Å². The lowest BCUT2D eigenvalue weighted by Gasteiger charge is -2.45. The predicted molar refractivity (Wildman–Crippen MR) is 163 cm³/mol. The molecule has 2 heterocycles. The zero-order valence-corrected chi connectivity index (χ0v) is 25.0. The number of rotatable bonds is 14. The van der Waals surface area contributed by atoms with Gasteiger partial charge in [0, 0.05) is 38.9 Å². The minimum absolute atomic E-state index is 0.0189. The van der Waals surface area contributed by atoms with Crippen LogP contribution in [0.25, 0.3) is 11.0 Å². The first-order chi connectivity index (χ1) is 21.3. The molecule has 1 aromatic heterocycles. The number of carbonyl (C=O) groups excluding carboxylic acids is 4. The van der Waals surface area contributed by atoms with E-state index in [1.54, 1.807) is 31.1 Å². The molecule has 0 aliphatic carbocycles. The fourth-order valence-corrected chi connectivity index (χ4v) is 5.02. The highest BCUT2D eigenvalue weighted by molar-refractivity contribution is 5.90. The van der Waals surface area contributed by atoms with Crippen LogP contribution in [0.3, 0.4) is 0 Å². The van der Waals surface area contributed by atoms with Crippen LogP contribution in [0.5, 0.6) is 0 Å². The zero-order valence-electron chi connectivity index (χ0n) is 25.0. The molecule has 14 nitrogen and oxygen atoms in total. The Kier molecular flexibility index (Phi) is 11.4. The Labute approximate surface area is 255 Å². The quantitative estimate of drug-likeness (QED) is 0.151. The largest absolute Gasteiger partial charge is 0.383 e. The molecule has 1 aliphatic rings. The van der Waals surface area contributed by atoms with Crippen molar-refractivity contribution in [3.8, 4) is 0 Å². The minimum atomic E-state index is -0.841. The topological polar surface area (TPSA) is 163 Å². The van der Waals surface area contributed by atoms with Gasteiger partial charge in [-0.05, 0) is 18.6 Å². The van der Waals surface area contributed by atoms with E-state index in [9.17, 15) is 19.2 Å². The molecular formula is C30H39N9O5. The number of carbonyl (C=O) groups is 4. The molecule has 0 bridgehead atoms. The molecule has 3 aromatic rings. The van der Waals surface area contributed by atoms with Crippen LogP contribution in [0.1, 0.15) is 18.1 Å². The van der Waals surface area contributed by atoms with Crippen molar-refractivity contribution in [2.75, 3.05) is 39.9 Å². The van der Waals surface area contributed by atoms with Crippen LogP contribution in [0, 0.1) is 0 Å². The molecule has 2 atom stereocenters. The lowest BCUT2D eigenvalue weighted by Crippen LogP contribution is -2.68. The predicted octanol–water partition coefficient (Wildman–Crippen LogP) is 0.354. The smallest absolute Gasteiger partial charge is 0.316 e. The van der Waals surface area contributed by atoms with Gasteiger partial charge in [-0.25, -0.2) is 9.48 Å². The van der Waals surface area contributed by atoms with E-state index in [1.165, 1.54) is 9.58 Å². The molecule has 0 radical (unpaired) electrons. The van der Waals surface area contributed by atoms with Crippen molar-refractivity contribution in [3.05, 3.63) is 72.3 Å². The van der Waals surface area contributed by atoms with E-state index in [1.807, 2.05) is 42.5 Å². The summed E-state index contributed by atoms with van der Waals surface area (Å²) in [5.41, 5.74) is 2.83. The number of methoxy groups -OCH3 is 1. The van der Waals surface area contributed by atoms with Gasteiger partial charge in [0.2, 0.25) is 17.7 Å². The van der Waals surface area contributed by atoms with E-state index < -0.39 is 18.2 Å². The number of nitrogens with zero attached hydrogens (tertiary/aromatic N) is 5. The maximum absolute atomic E-state index is 13.6. The summed E-state index contributed by atoms with van der Waals surface area (Å²) in [6.07, 6.45) is 0.846. The first kappa shape index (κ1) is 32.1. The average Bonchev–Trinajstić information content (AvgIpc) is 3.42. The van der Waals surface area contributed by atoms with Crippen LogP contribution in [0.4, 0.5) is 4.79 Å². The molecular weight excluding hydrogens is 566 g/mol. The summed E-state index contributed by atoms with van der Waals surface area (Å²) >= 11 is 0. The summed E-state index contributed by atoms with van der Waals surface area (Å²) in [5, 5.41) is 19.9. The van der Waals surface area contributed by atoms with Crippen molar-refractivity contribution in [1.82, 2.24) is 46.1 Å². The molecule has 0 spiro atoms. The van der Waals surface area contributed by atoms with Crippen molar-refractivity contribution in [1.29, 1.82) is 0 Å². The fraction of sp³-hybridized carbons (Fsp3) is 0.400. The second-order valence-electron chi connectivity index (χ2n) is 10.3. The monoisotopic (exact) mass is 605 g/mol. The molecule has 1 aliphatic heterocycles. The van der Waals surface area contributed by atoms with Gasteiger partial charge in [0.05, 0.1) is 25.2 Å². The third kappa shape index (κ3) is 8.17. The van der Waals surface area contributed by atoms with Gasteiger partial charge >= 0.3 is 6.03 Å². The molecule has 2 aromatic carbocycles. The molecule has 14 heteroatoms. The van der Waals surface area contributed by atoms with Crippen molar-refractivity contribution < 1.29 is 23.9 Å². The minimum Gasteiger partial charge on any atom is -0.383 e. The third-order valence-electron chi connectivity index (χ3n) is 7.17. The van der Waals surface area contributed by atoms with Crippen molar-refractivity contribution >= 4 is 34.8 Å². The Bertz CT molecular complexity index is 1460. The number of aromatic nitrogens is 3. The van der Waals surface area contributed by atoms with Crippen LogP contribution < -0.4 is 21.3 Å². The number of amides is 5.